The number of carbonyl (C=O) groups is 1. The lowest BCUT2D eigenvalue weighted by Gasteiger charge is -2.11. The average molecular weight is 292 g/mol. The second-order valence-corrected chi connectivity index (χ2v) is 5.22. The van der Waals surface area contributed by atoms with Crippen molar-refractivity contribution in [3.63, 3.8) is 0 Å². The van der Waals surface area contributed by atoms with Gasteiger partial charge in [0.2, 0.25) is 0 Å². The zero-order valence-electron chi connectivity index (χ0n) is 11.4. The normalized spacial score (nSPS) is 10.7. The second kappa shape index (κ2) is 6.51. The van der Waals surface area contributed by atoms with Gasteiger partial charge in [0.25, 0.3) is 0 Å². The fraction of sp³-hybridized carbons (Fsp3) is 0.385. The van der Waals surface area contributed by atoms with Gasteiger partial charge in [-0.3, -0.25) is 14.3 Å². The van der Waals surface area contributed by atoms with Gasteiger partial charge < -0.3 is 5.11 Å². The quantitative estimate of drug-likeness (QED) is 0.821. The molecule has 0 aliphatic heterocycles. The predicted molar refractivity (Wildman–Crippen MR) is 76.2 cm³/mol. The molecule has 0 atom stereocenters. The van der Waals surface area contributed by atoms with Crippen molar-refractivity contribution in [3.05, 3.63) is 29.8 Å². The molecule has 2 aromatic rings. The number of hydrogen-bond donors (Lipinski definition) is 1. The summed E-state index contributed by atoms with van der Waals surface area (Å²) in [5.41, 5.74) is 1.76. The lowest BCUT2D eigenvalue weighted by Crippen LogP contribution is -2.07. The van der Waals surface area contributed by atoms with Gasteiger partial charge in [-0.05, 0) is 25.5 Å². The van der Waals surface area contributed by atoms with Crippen molar-refractivity contribution in [1.82, 2.24) is 19.7 Å². The fourth-order valence-electron chi connectivity index (χ4n) is 1.86. The van der Waals surface area contributed by atoms with E-state index in [4.69, 9.17) is 5.11 Å². The van der Waals surface area contributed by atoms with Crippen LogP contribution >= 0.6 is 11.8 Å². The van der Waals surface area contributed by atoms with Gasteiger partial charge in [0, 0.05) is 12.6 Å². The monoisotopic (exact) mass is 292 g/mol. The number of aryl methyl sites for hydroxylation is 2. The predicted octanol–water partition coefficient (Wildman–Crippen LogP) is 2.10. The maximum Gasteiger partial charge on any atom is 0.313 e. The van der Waals surface area contributed by atoms with E-state index in [1.165, 1.54) is 11.8 Å². The highest BCUT2D eigenvalue weighted by molar-refractivity contribution is 7.99. The summed E-state index contributed by atoms with van der Waals surface area (Å²) in [6.45, 7) is 3.98. The number of pyridine rings is 1. The molecule has 2 rings (SSSR count). The Kier molecular flexibility index (Phi) is 4.73. The summed E-state index contributed by atoms with van der Waals surface area (Å²) in [4.78, 5) is 15.0. The molecule has 0 aliphatic rings. The molecular weight excluding hydrogens is 276 g/mol. The van der Waals surface area contributed by atoms with Crippen LogP contribution < -0.4 is 0 Å². The maximum absolute atomic E-state index is 10.7. The van der Waals surface area contributed by atoms with Crippen molar-refractivity contribution in [2.45, 2.75) is 31.8 Å². The Hall–Kier alpha value is -1.89. The van der Waals surface area contributed by atoms with E-state index in [0.29, 0.717) is 5.16 Å². The minimum Gasteiger partial charge on any atom is -0.481 e. The van der Waals surface area contributed by atoms with Gasteiger partial charge in [-0.2, -0.15) is 0 Å². The third-order valence-electron chi connectivity index (χ3n) is 2.72. The van der Waals surface area contributed by atoms with Gasteiger partial charge in [-0.1, -0.05) is 18.7 Å². The van der Waals surface area contributed by atoms with Gasteiger partial charge in [0.15, 0.2) is 5.16 Å². The molecule has 0 aliphatic carbocycles. The molecule has 6 nitrogen and oxygen atoms in total. The summed E-state index contributed by atoms with van der Waals surface area (Å²) in [6.07, 6.45) is 3.46. The zero-order valence-corrected chi connectivity index (χ0v) is 12.2. The topological polar surface area (TPSA) is 80.9 Å². The lowest BCUT2D eigenvalue weighted by molar-refractivity contribution is -0.133. The summed E-state index contributed by atoms with van der Waals surface area (Å²) in [7, 11) is 0. The molecule has 0 saturated carbocycles. The van der Waals surface area contributed by atoms with Crippen molar-refractivity contribution >= 4 is 17.7 Å². The highest BCUT2D eigenvalue weighted by Crippen LogP contribution is 2.23. The van der Waals surface area contributed by atoms with Gasteiger partial charge >= 0.3 is 5.97 Å². The first kappa shape index (κ1) is 14.5. The molecule has 2 heterocycles. The van der Waals surface area contributed by atoms with Crippen LogP contribution in [0.25, 0.3) is 5.69 Å². The molecule has 1 N–H and O–H groups in total. The molecule has 0 aromatic carbocycles. The van der Waals surface area contributed by atoms with Crippen LogP contribution in [-0.2, 0) is 11.2 Å². The third kappa shape index (κ3) is 3.16. The summed E-state index contributed by atoms with van der Waals surface area (Å²) in [5.74, 6) is -0.0789. The number of rotatable bonds is 6. The number of hydrogen-bond acceptors (Lipinski definition) is 5. The minimum atomic E-state index is -0.871. The lowest BCUT2D eigenvalue weighted by atomic mass is 10.3. The highest BCUT2D eigenvalue weighted by Gasteiger charge is 2.16. The summed E-state index contributed by atoms with van der Waals surface area (Å²) in [6, 6.07) is 3.79. The summed E-state index contributed by atoms with van der Waals surface area (Å²) >= 11 is 1.17. The molecule has 20 heavy (non-hydrogen) atoms. The van der Waals surface area contributed by atoms with E-state index >= 15 is 0 Å². The Bertz CT molecular complexity index is 612. The number of aliphatic carboxylic acids is 1. The first-order chi connectivity index (χ1) is 9.63. The Balaban J connectivity index is 2.44. The van der Waals surface area contributed by atoms with Crippen molar-refractivity contribution in [2.24, 2.45) is 0 Å². The molecule has 7 heteroatoms. The molecule has 0 saturated heterocycles. The number of carboxylic acid groups (broad SMARTS) is 1. The Morgan fingerprint density at radius 3 is 2.90 bits per heavy atom. The van der Waals surface area contributed by atoms with Crippen molar-refractivity contribution in [1.29, 1.82) is 0 Å². The van der Waals surface area contributed by atoms with Crippen LogP contribution in [0.15, 0.2) is 23.5 Å². The van der Waals surface area contributed by atoms with Gasteiger partial charge in [-0.25, -0.2) is 0 Å². The van der Waals surface area contributed by atoms with Crippen LogP contribution in [-0.4, -0.2) is 36.6 Å². The Morgan fingerprint density at radius 1 is 1.45 bits per heavy atom. The van der Waals surface area contributed by atoms with Crippen LogP contribution in [0.4, 0.5) is 0 Å². The number of aromatic nitrogens is 4. The summed E-state index contributed by atoms with van der Waals surface area (Å²) in [5, 5.41) is 17.7. The van der Waals surface area contributed by atoms with Crippen LogP contribution in [0.3, 0.4) is 0 Å². The average Bonchev–Trinajstić information content (AvgIpc) is 2.80. The van der Waals surface area contributed by atoms with E-state index in [2.05, 4.69) is 22.1 Å². The van der Waals surface area contributed by atoms with Gasteiger partial charge in [0.1, 0.15) is 5.82 Å². The molecule has 0 spiro atoms. The SMILES string of the molecule is CCCc1nnc(SCC(=O)O)n1-c1cccnc1C. The number of nitrogens with zero attached hydrogens (tertiary/aromatic N) is 4. The van der Waals surface area contributed by atoms with Gasteiger partial charge in [-0.15, -0.1) is 10.2 Å². The van der Waals surface area contributed by atoms with Crippen LogP contribution in [0.1, 0.15) is 24.9 Å². The summed E-state index contributed by atoms with van der Waals surface area (Å²) < 4.78 is 1.90. The largest absolute Gasteiger partial charge is 0.481 e. The Morgan fingerprint density at radius 2 is 2.25 bits per heavy atom. The smallest absolute Gasteiger partial charge is 0.313 e. The van der Waals surface area contributed by atoms with Gasteiger partial charge in [0.05, 0.1) is 17.1 Å². The van der Waals surface area contributed by atoms with Crippen molar-refractivity contribution < 1.29 is 9.90 Å². The van der Waals surface area contributed by atoms with E-state index in [1.807, 2.05) is 23.6 Å². The van der Waals surface area contributed by atoms with E-state index in [9.17, 15) is 4.79 Å². The zero-order chi connectivity index (χ0) is 14.5. The van der Waals surface area contributed by atoms with E-state index < -0.39 is 5.97 Å². The molecular formula is C13H16N4O2S. The number of thioether (sulfide) groups is 1. The van der Waals surface area contributed by atoms with E-state index in [-0.39, 0.29) is 5.75 Å². The molecule has 0 unspecified atom stereocenters. The second-order valence-electron chi connectivity index (χ2n) is 4.27. The maximum atomic E-state index is 10.7. The first-order valence-electron chi connectivity index (χ1n) is 6.34. The fourth-order valence-corrected chi connectivity index (χ4v) is 2.54. The third-order valence-corrected chi connectivity index (χ3v) is 3.63. The van der Waals surface area contributed by atoms with E-state index in [1.54, 1.807) is 6.20 Å². The molecule has 0 bridgehead atoms. The number of carboxylic acids is 1. The molecule has 0 fully saturated rings. The van der Waals surface area contributed by atoms with Crippen molar-refractivity contribution in [2.75, 3.05) is 5.75 Å². The van der Waals surface area contributed by atoms with Crippen LogP contribution in [0.2, 0.25) is 0 Å². The molecule has 0 amide bonds. The van der Waals surface area contributed by atoms with Crippen LogP contribution in [0.5, 0.6) is 0 Å². The molecule has 0 radical (unpaired) electrons. The van der Waals surface area contributed by atoms with E-state index in [0.717, 1.165) is 30.0 Å². The van der Waals surface area contributed by atoms with Crippen LogP contribution in [0, 0.1) is 6.92 Å². The first-order valence-corrected chi connectivity index (χ1v) is 7.33. The molecule has 106 valence electrons. The minimum absolute atomic E-state index is 0.0381. The Labute approximate surface area is 121 Å². The molecule has 2 aromatic heterocycles. The van der Waals surface area contributed by atoms with Crippen molar-refractivity contribution in [3.8, 4) is 5.69 Å². The standard InChI is InChI=1S/C13H16N4O2S/c1-3-5-11-15-16-13(20-8-12(18)19)17(11)10-6-4-7-14-9(10)2/h4,6-7H,3,5,8H2,1-2H3,(H,18,19). The highest BCUT2D eigenvalue weighted by atomic mass is 32.2.